The number of hydrogen-bond acceptors (Lipinski definition) is 2. The summed E-state index contributed by atoms with van der Waals surface area (Å²) in [7, 11) is 0. The smallest absolute Gasteiger partial charge is 0.129 e. The molecule has 0 aromatic heterocycles. The quantitative estimate of drug-likeness (QED) is 0.457. The summed E-state index contributed by atoms with van der Waals surface area (Å²) in [5.41, 5.74) is 6.39. The average molecular weight is 410 g/mol. The van der Waals surface area contributed by atoms with E-state index in [1.54, 1.807) is 0 Å². The van der Waals surface area contributed by atoms with E-state index in [1.807, 2.05) is 0 Å². The van der Waals surface area contributed by atoms with Crippen molar-refractivity contribution in [1.29, 1.82) is 0 Å². The number of nitrogens with zero attached hydrogens (tertiary/aromatic N) is 2. The number of para-hydroxylation sites is 2. The maximum absolute atomic E-state index is 10.1. The molecule has 158 valence electrons. The van der Waals surface area contributed by atoms with Gasteiger partial charge >= 0.3 is 0 Å². The molecule has 1 saturated heterocycles. The van der Waals surface area contributed by atoms with E-state index in [0.717, 1.165) is 0 Å². The lowest BCUT2D eigenvalue weighted by atomic mass is 9.79. The molecule has 1 saturated carbocycles. The van der Waals surface area contributed by atoms with Crippen molar-refractivity contribution in [2.24, 2.45) is 5.92 Å². The summed E-state index contributed by atoms with van der Waals surface area (Å²) in [4.78, 5) is 5.20. The Bertz CT molecular complexity index is 1120. The Morgan fingerprint density at radius 1 is 0.774 bits per heavy atom. The molecule has 3 aromatic carbocycles. The molecule has 3 aromatic rings. The summed E-state index contributed by atoms with van der Waals surface area (Å²) in [5.74, 6) is -0.147. The lowest BCUT2D eigenvalue weighted by molar-refractivity contribution is 0.376. The summed E-state index contributed by atoms with van der Waals surface area (Å²) in [6.07, 6.45) is 4.97. The van der Waals surface area contributed by atoms with Crippen molar-refractivity contribution in [2.45, 2.75) is 63.7 Å². The molecule has 2 aliphatic heterocycles. The zero-order valence-corrected chi connectivity index (χ0v) is 18.5. The minimum atomic E-state index is -0.572. The molecule has 4 atom stereocenters. The van der Waals surface area contributed by atoms with Crippen LogP contribution < -0.4 is 9.80 Å². The van der Waals surface area contributed by atoms with Crippen molar-refractivity contribution < 1.29 is 1.37 Å². The molecule has 0 spiro atoms. The first-order chi connectivity index (χ1) is 15.6. The van der Waals surface area contributed by atoms with Crippen molar-refractivity contribution >= 4 is 11.4 Å². The molecule has 2 heteroatoms. The molecule has 0 bridgehead atoms. The van der Waals surface area contributed by atoms with Crippen LogP contribution in [0.5, 0.6) is 0 Å². The molecule has 2 fully saturated rings. The monoisotopic (exact) mass is 409 g/mol. The lowest BCUT2D eigenvalue weighted by Gasteiger charge is -2.35. The Labute approximate surface area is 187 Å². The average Bonchev–Trinajstić information content (AvgIpc) is 3.52. The van der Waals surface area contributed by atoms with Gasteiger partial charge in [0.15, 0.2) is 0 Å². The van der Waals surface area contributed by atoms with Gasteiger partial charge in [0.25, 0.3) is 0 Å². The Morgan fingerprint density at radius 3 is 2.16 bits per heavy atom. The van der Waals surface area contributed by atoms with Gasteiger partial charge in [-0.1, -0.05) is 79.6 Å². The van der Waals surface area contributed by atoms with Crippen LogP contribution in [0.3, 0.4) is 0 Å². The Morgan fingerprint density at radius 2 is 1.42 bits per heavy atom. The lowest BCUT2D eigenvalue weighted by Crippen LogP contribution is -2.38. The molecule has 31 heavy (non-hydrogen) atoms. The molecule has 0 radical (unpaired) electrons. The minimum Gasteiger partial charge on any atom is -0.342 e. The third-order valence-corrected chi connectivity index (χ3v) is 7.82. The van der Waals surface area contributed by atoms with Crippen LogP contribution in [-0.4, -0.2) is 12.1 Å². The SMILES string of the molecule is [2H]C1(C2CCCC2)c2ccccc2N2C(c3ccccc3)N(c3ccccc3C)[C@@H](C)C21. The van der Waals surface area contributed by atoms with Crippen LogP contribution >= 0.6 is 0 Å². The van der Waals surface area contributed by atoms with Gasteiger partial charge in [0.1, 0.15) is 6.17 Å². The van der Waals surface area contributed by atoms with E-state index in [1.165, 1.54) is 53.7 Å². The van der Waals surface area contributed by atoms with Crippen molar-refractivity contribution in [2.75, 3.05) is 9.80 Å². The van der Waals surface area contributed by atoms with E-state index in [0.29, 0.717) is 5.92 Å². The second kappa shape index (κ2) is 7.44. The van der Waals surface area contributed by atoms with Gasteiger partial charge in [0.2, 0.25) is 0 Å². The highest BCUT2D eigenvalue weighted by Crippen LogP contribution is 2.58. The molecule has 6 rings (SSSR count). The van der Waals surface area contributed by atoms with Gasteiger partial charge in [-0.2, -0.15) is 0 Å². The van der Waals surface area contributed by atoms with Crippen LogP contribution in [0.15, 0.2) is 78.9 Å². The van der Waals surface area contributed by atoms with Crippen LogP contribution in [0.2, 0.25) is 0 Å². The summed E-state index contributed by atoms with van der Waals surface area (Å²) in [5, 5.41) is 0. The topological polar surface area (TPSA) is 6.48 Å². The van der Waals surface area contributed by atoms with Crippen LogP contribution in [0.4, 0.5) is 11.4 Å². The third kappa shape index (κ3) is 2.84. The zero-order valence-electron chi connectivity index (χ0n) is 19.5. The van der Waals surface area contributed by atoms with Crippen molar-refractivity contribution in [3.63, 3.8) is 0 Å². The van der Waals surface area contributed by atoms with E-state index < -0.39 is 5.89 Å². The van der Waals surface area contributed by atoms with Crippen LogP contribution in [0, 0.1) is 12.8 Å². The zero-order chi connectivity index (χ0) is 21.9. The molecular formula is C29H32N2. The molecule has 3 unspecified atom stereocenters. The molecule has 2 nitrogen and oxygen atoms in total. The van der Waals surface area contributed by atoms with Crippen LogP contribution in [0.1, 0.15) is 62.7 Å². The molecular weight excluding hydrogens is 376 g/mol. The molecule has 1 aliphatic carbocycles. The van der Waals surface area contributed by atoms with E-state index in [4.69, 9.17) is 0 Å². The fraction of sp³-hybridized carbons (Fsp3) is 0.379. The predicted molar refractivity (Wildman–Crippen MR) is 130 cm³/mol. The summed E-state index contributed by atoms with van der Waals surface area (Å²) in [6.45, 7) is 4.57. The van der Waals surface area contributed by atoms with Crippen molar-refractivity contribution in [3.05, 3.63) is 95.6 Å². The van der Waals surface area contributed by atoms with Gasteiger partial charge in [0, 0.05) is 24.7 Å². The second-order valence-electron chi connectivity index (χ2n) is 9.52. The Balaban J connectivity index is 1.59. The summed E-state index contributed by atoms with van der Waals surface area (Å²) >= 11 is 0. The first-order valence-corrected chi connectivity index (χ1v) is 11.9. The number of benzene rings is 3. The van der Waals surface area contributed by atoms with E-state index in [9.17, 15) is 1.37 Å². The van der Waals surface area contributed by atoms with E-state index in [-0.39, 0.29) is 18.2 Å². The van der Waals surface area contributed by atoms with Gasteiger partial charge < -0.3 is 9.80 Å². The number of anilines is 2. The maximum atomic E-state index is 10.1. The fourth-order valence-electron chi connectivity index (χ4n) is 6.54. The maximum Gasteiger partial charge on any atom is 0.129 e. The summed E-state index contributed by atoms with van der Waals surface area (Å²) < 4.78 is 10.1. The standard InChI is InChI=1S/C29H32N2/c1-20-12-6-10-18-25(20)30-21(2)28-27(22-13-7-8-14-22)24-17-9-11-19-26(24)31(28)29(30)23-15-4-3-5-16-23/h3-6,9-12,15-19,21-22,27-29H,7-8,13-14H2,1-2H3/t21-,27?,28?,29?/m0/s1/i27D. The van der Waals surface area contributed by atoms with Gasteiger partial charge in [-0.15, -0.1) is 0 Å². The minimum absolute atomic E-state index is 0.0899. The highest BCUT2D eigenvalue weighted by atomic mass is 15.5. The molecule has 2 heterocycles. The number of rotatable bonds is 3. The molecule has 0 amide bonds. The van der Waals surface area contributed by atoms with Crippen LogP contribution in [-0.2, 0) is 0 Å². The second-order valence-corrected chi connectivity index (χ2v) is 9.52. The predicted octanol–water partition coefficient (Wildman–Crippen LogP) is 7.06. The van der Waals surface area contributed by atoms with Crippen LogP contribution in [0.25, 0.3) is 0 Å². The van der Waals surface area contributed by atoms with Gasteiger partial charge in [-0.05, 0) is 61.4 Å². The van der Waals surface area contributed by atoms with Gasteiger partial charge in [0.05, 0.1) is 6.04 Å². The Kier molecular flexibility index (Phi) is 4.29. The highest BCUT2D eigenvalue weighted by molar-refractivity contribution is 5.71. The first kappa shape index (κ1) is 17.9. The van der Waals surface area contributed by atoms with Crippen molar-refractivity contribution in [3.8, 4) is 0 Å². The highest BCUT2D eigenvalue weighted by Gasteiger charge is 2.55. The largest absolute Gasteiger partial charge is 0.342 e. The normalized spacial score (nSPS) is 30.4. The van der Waals surface area contributed by atoms with E-state index >= 15 is 0 Å². The Hall–Kier alpha value is -2.74. The van der Waals surface area contributed by atoms with Gasteiger partial charge in [-0.25, -0.2) is 0 Å². The van der Waals surface area contributed by atoms with E-state index in [2.05, 4.69) is 103 Å². The number of fused-ring (bicyclic) bond motifs is 3. The van der Waals surface area contributed by atoms with Gasteiger partial charge in [-0.3, -0.25) is 0 Å². The molecule has 3 aliphatic rings. The van der Waals surface area contributed by atoms with Crippen molar-refractivity contribution in [1.82, 2.24) is 0 Å². The molecule has 0 N–H and O–H groups in total. The fourth-order valence-corrected chi connectivity index (χ4v) is 6.54. The number of aryl methyl sites for hydroxylation is 1. The first-order valence-electron chi connectivity index (χ1n) is 12.4. The third-order valence-electron chi connectivity index (χ3n) is 7.82. The summed E-state index contributed by atoms with van der Waals surface area (Å²) in [6, 6.07) is 28.8. The number of hydrogen-bond donors (Lipinski definition) is 0.